The topological polar surface area (TPSA) is 91.3 Å². The second-order valence-corrected chi connectivity index (χ2v) is 31.4. The molecule has 0 bridgehead atoms. The molecule has 0 amide bonds. The Morgan fingerprint density at radius 2 is 0.597 bits per heavy atom. The third kappa shape index (κ3) is 30.3. The molecule has 0 fully saturated rings. The van der Waals surface area contributed by atoms with E-state index in [1.165, 1.54) is 180 Å². The van der Waals surface area contributed by atoms with Gasteiger partial charge in [0.15, 0.2) is 0 Å². The summed E-state index contributed by atoms with van der Waals surface area (Å²) in [7, 11) is -7.40. The van der Waals surface area contributed by atoms with Gasteiger partial charge >= 0.3 is 15.2 Å². The molecule has 1 N–H and O–H groups in total. The van der Waals surface area contributed by atoms with Crippen molar-refractivity contribution in [2.45, 2.75) is 343 Å². The van der Waals surface area contributed by atoms with Crippen molar-refractivity contribution < 1.29 is 32.3 Å². The number of rotatable bonds is 44. The Balaban J connectivity index is 2.25. The first-order valence-electron chi connectivity index (χ1n) is 32.2. The predicted octanol–water partition coefficient (Wildman–Crippen LogP) is 23.6. The molecule has 0 saturated carbocycles. The van der Waals surface area contributed by atoms with Crippen molar-refractivity contribution in [3.8, 4) is 11.5 Å². The molecule has 0 aliphatic heterocycles. The van der Waals surface area contributed by atoms with Gasteiger partial charge in [0.2, 0.25) is 0 Å². The zero-order valence-electron chi connectivity index (χ0n) is 53.3. The van der Waals surface area contributed by atoms with Gasteiger partial charge in [-0.25, -0.2) is 4.57 Å². The Hall–Kier alpha value is -1.62. The van der Waals surface area contributed by atoms with Gasteiger partial charge in [-0.15, -0.1) is 0 Å². The summed E-state index contributed by atoms with van der Waals surface area (Å²) in [5, 5.41) is 11.5. The number of phenolic OH excluding ortho intramolecular Hbond substituents is 1. The van der Waals surface area contributed by atoms with Crippen LogP contribution in [-0.4, -0.2) is 24.9 Å². The van der Waals surface area contributed by atoms with Gasteiger partial charge in [0.25, 0.3) is 0 Å². The van der Waals surface area contributed by atoms with Crippen molar-refractivity contribution in [3.05, 3.63) is 57.6 Å². The van der Waals surface area contributed by atoms with E-state index in [9.17, 15) is 5.11 Å². The van der Waals surface area contributed by atoms with Crippen molar-refractivity contribution in [3.63, 3.8) is 0 Å². The molecule has 2 rings (SSSR count). The van der Waals surface area contributed by atoms with Crippen LogP contribution in [0.3, 0.4) is 0 Å². The monoisotopic (exact) mass is 1110 g/mol. The van der Waals surface area contributed by atoms with Crippen LogP contribution >= 0.6 is 15.2 Å². The highest BCUT2D eigenvalue weighted by Gasteiger charge is 2.37. The van der Waals surface area contributed by atoms with Gasteiger partial charge in [-0.1, -0.05) is 314 Å². The summed E-state index contributed by atoms with van der Waals surface area (Å²) in [4.78, 5) is 0. The molecule has 0 spiro atoms. The molecule has 1 unspecified atom stereocenters. The third-order valence-corrected chi connectivity index (χ3v) is 19.2. The number of hydrogen-bond donors (Lipinski definition) is 1. The molecule has 1 atom stereocenters. The van der Waals surface area contributed by atoms with E-state index in [0.29, 0.717) is 19.0 Å². The molecule has 7 nitrogen and oxygen atoms in total. The van der Waals surface area contributed by atoms with E-state index in [4.69, 9.17) is 18.1 Å². The average Bonchev–Trinajstić information content (AvgIpc) is 3.33. The average molecular weight is 1120 g/mol. The van der Waals surface area contributed by atoms with Crippen molar-refractivity contribution >= 4 is 15.2 Å². The Morgan fingerprint density at radius 3 is 0.857 bits per heavy atom. The highest BCUT2D eigenvalue weighted by Crippen LogP contribution is 2.58. The lowest BCUT2D eigenvalue weighted by atomic mass is 9.78. The number of unbranched alkanes of at least 4 members (excludes halogenated alkanes) is 30. The molecule has 77 heavy (non-hydrogen) atoms. The van der Waals surface area contributed by atoms with Crippen LogP contribution in [-0.2, 0) is 56.7 Å². The number of benzene rings is 2. The second-order valence-electron chi connectivity index (χ2n) is 27.4. The minimum absolute atomic E-state index is 0.0395. The first-order chi connectivity index (χ1) is 36.3. The van der Waals surface area contributed by atoms with Crippen molar-refractivity contribution in [1.82, 2.24) is 0 Å². The van der Waals surface area contributed by atoms with Crippen molar-refractivity contribution in [2.75, 3.05) is 19.8 Å². The van der Waals surface area contributed by atoms with Crippen LogP contribution in [0, 0.1) is 0 Å². The molecule has 0 saturated heterocycles. The number of aromatic hydroxyl groups is 1. The van der Waals surface area contributed by atoms with E-state index in [0.717, 1.165) is 59.1 Å². The van der Waals surface area contributed by atoms with Crippen LogP contribution in [0.25, 0.3) is 0 Å². The molecule has 0 heterocycles. The first kappa shape index (κ1) is 71.5. The summed E-state index contributed by atoms with van der Waals surface area (Å²) in [6, 6.07) is 8.10. The van der Waals surface area contributed by atoms with E-state index in [1.54, 1.807) is 0 Å². The van der Waals surface area contributed by atoms with Crippen LogP contribution in [0.1, 0.15) is 343 Å². The lowest BCUT2D eigenvalue weighted by molar-refractivity contribution is 0.196. The zero-order chi connectivity index (χ0) is 57.4. The molecule has 448 valence electrons. The van der Waals surface area contributed by atoms with E-state index < -0.39 is 26.0 Å². The molecule has 2 aromatic rings. The summed E-state index contributed by atoms with van der Waals surface area (Å²) < 4.78 is 56.4. The van der Waals surface area contributed by atoms with Gasteiger partial charge in [0.05, 0.1) is 32.1 Å². The van der Waals surface area contributed by atoms with Crippen LogP contribution in [0.4, 0.5) is 0 Å². The fourth-order valence-corrected chi connectivity index (χ4v) is 14.1. The van der Waals surface area contributed by atoms with Crippen LogP contribution in [0.2, 0.25) is 0 Å². The standard InChI is InChI=1S/C68H124O7P2/c1-16-19-21-23-25-27-29-31-33-35-37-39-41-43-45-47-49-73-76(70,74-50-48-46-44-42-40-38-36-34-32-30-28-26-24-22-20-17-2)55-58-53-61(67(10,11)12)64(62(54-58)68(13,14)15)75-77(71,72-18-3)56-57-51-59(65(4,5)6)63(69)60(52-57)66(7,8)9/h51-54,69H,16-50,55-56H2,1-15H3. The molecular formula is C68H124O7P2. The van der Waals surface area contributed by atoms with E-state index in [1.807, 2.05) is 19.1 Å². The Bertz CT molecular complexity index is 1850. The predicted molar refractivity (Wildman–Crippen MR) is 335 cm³/mol. The number of phenols is 1. The normalized spacial score (nSPS) is 13.6. The van der Waals surface area contributed by atoms with Crippen LogP contribution in [0.15, 0.2) is 24.3 Å². The Morgan fingerprint density at radius 1 is 0.351 bits per heavy atom. The van der Waals surface area contributed by atoms with Gasteiger partial charge in [0.1, 0.15) is 11.5 Å². The molecular weight excluding hydrogens is 991 g/mol. The van der Waals surface area contributed by atoms with E-state index in [2.05, 4.69) is 109 Å². The SMILES string of the molecule is CCCCCCCCCCCCCCCCCCOP(=O)(Cc1cc(C(C)(C)C)c(OP(=O)(Cc2cc(C(C)(C)C)c(O)c(C(C)(C)C)c2)OCC)c(C(C)(C)C)c1)OCCCCCCCCCCCCCCCCCC. The third-order valence-electron chi connectivity index (χ3n) is 15.4. The molecule has 0 aliphatic rings. The number of hydrogen-bond acceptors (Lipinski definition) is 7. The molecule has 0 aromatic heterocycles. The van der Waals surface area contributed by atoms with Gasteiger partial charge < -0.3 is 18.7 Å². The van der Waals surface area contributed by atoms with Crippen LogP contribution < -0.4 is 4.52 Å². The van der Waals surface area contributed by atoms with Gasteiger partial charge in [0, 0.05) is 11.1 Å². The van der Waals surface area contributed by atoms with Gasteiger partial charge in [-0.05, 0) is 63.7 Å². The summed E-state index contributed by atoms with van der Waals surface area (Å²) in [5.74, 6) is 0.830. The minimum Gasteiger partial charge on any atom is -0.507 e. The second kappa shape index (κ2) is 37.5. The summed E-state index contributed by atoms with van der Waals surface area (Å²) in [6.07, 6.45) is 41.8. The van der Waals surface area contributed by atoms with E-state index in [-0.39, 0.29) is 35.5 Å². The molecule has 0 radical (unpaired) electrons. The van der Waals surface area contributed by atoms with Gasteiger partial charge in [-0.3, -0.25) is 9.09 Å². The smallest absolute Gasteiger partial charge is 0.383 e. The maximum absolute atomic E-state index is 15.3. The summed E-state index contributed by atoms with van der Waals surface area (Å²) in [5.41, 5.74) is 3.43. The maximum Gasteiger partial charge on any atom is 0.383 e. The highest BCUT2D eigenvalue weighted by atomic mass is 31.2. The molecule has 0 aliphatic carbocycles. The highest BCUT2D eigenvalue weighted by molar-refractivity contribution is 7.53. The largest absolute Gasteiger partial charge is 0.507 e. The van der Waals surface area contributed by atoms with E-state index >= 15 is 9.13 Å². The molecule has 9 heteroatoms. The Labute approximate surface area is 477 Å². The maximum atomic E-state index is 15.3. The summed E-state index contributed by atoms with van der Waals surface area (Å²) >= 11 is 0. The minimum atomic E-state index is -3.84. The quantitative estimate of drug-likeness (QED) is 0.0522. The first-order valence-corrected chi connectivity index (χ1v) is 35.6. The fraction of sp³-hybridized carbons (Fsp3) is 0.824. The fourth-order valence-electron chi connectivity index (χ4n) is 10.6. The lowest BCUT2D eigenvalue weighted by Crippen LogP contribution is -2.21. The van der Waals surface area contributed by atoms with Gasteiger partial charge in [-0.2, -0.15) is 0 Å². The Kier molecular flexibility index (Phi) is 34.8. The molecule has 2 aromatic carbocycles. The summed E-state index contributed by atoms with van der Waals surface area (Å²) in [6.45, 7) is 32.8. The van der Waals surface area contributed by atoms with Crippen molar-refractivity contribution in [1.29, 1.82) is 0 Å². The van der Waals surface area contributed by atoms with Crippen molar-refractivity contribution in [2.24, 2.45) is 0 Å². The van der Waals surface area contributed by atoms with Crippen LogP contribution in [0.5, 0.6) is 11.5 Å². The lowest BCUT2D eigenvalue weighted by Gasteiger charge is -2.33. The zero-order valence-corrected chi connectivity index (χ0v) is 55.1.